The Kier molecular flexibility index (Phi) is 9.98. The van der Waals surface area contributed by atoms with Gasteiger partial charge < -0.3 is 10.2 Å². The molecule has 4 rings (SSSR count). The van der Waals surface area contributed by atoms with E-state index < -0.39 is 40.2 Å². The smallest absolute Gasteiger partial charge is 0.264 e. The van der Waals surface area contributed by atoms with E-state index in [1.165, 1.54) is 42.3 Å². The lowest BCUT2D eigenvalue weighted by Gasteiger charge is -2.34. The van der Waals surface area contributed by atoms with E-state index in [0.717, 1.165) is 9.87 Å². The molecule has 1 atom stereocenters. The Morgan fingerprint density at radius 2 is 1.50 bits per heavy atom. The van der Waals surface area contributed by atoms with Gasteiger partial charge in [0.1, 0.15) is 18.4 Å². The number of rotatable bonds is 11. The molecule has 4 aromatic carbocycles. The van der Waals surface area contributed by atoms with Crippen LogP contribution in [0.5, 0.6) is 0 Å². The number of amides is 2. The molecule has 10 heteroatoms. The molecule has 218 valence electrons. The summed E-state index contributed by atoms with van der Waals surface area (Å²) in [4.78, 5) is 28.7. The zero-order valence-electron chi connectivity index (χ0n) is 23.2. The molecule has 0 aliphatic carbocycles. The first kappa shape index (κ1) is 30.7. The second-order valence-electron chi connectivity index (χ2n) is 9.64. The van der Waals surface area contributed by atoms with Crippen molar-refractivity contribution in [3.63, 3.8) is 0 Å². The molecule has 4 aromatic rings. The monoisotopic (exact) mass is 607 g/mol. The van der Waals surface area contributed by atoms with Crippen LogP contribution >= 0.6 is 11.6 Å². The topological polar surface area (TPSA) is 86.8 Å². The molecule has 7 nitrogen and oxygen atoms in total. The predicted molar refractivity (Wildman–Crippen MR) is 162 cm³/mol. The van der Waals surface area contributed by atoms with E-state index in [1.807, 2.05) is 30.3 Å². The van der Waals surface area contributed by atoms with Crippen LogP contribution in [0, 0.1) is 12.7 Å². The number of halogens is 2. The van der Waals surface area contributed by atoms with Crippen LogP contribution in [0.1, 0.15) is 16.7 Å². The fraction of sp³-hybridized carbons (Fsp3) is 0.188. The number of sulfonamides is 1. The van der Waals surface area contributed by atoms with Crippen LogP contribution in [0.3, 0.4) is 0 Å². The third-order valence-corrected chi connectivity index (χ3v) is 9.12. The lowest BCUT2D eigenvalue weighted by atomic mass is 10.0. The van der Waals surface area contributed by atoms with Gasteiger partial charge in [-0.25, -0.2) is 12.8 Å². The quantitative estimate of drug-likeness (QED) is 0.248. The predicted octanol–water partition coefficient (Wildman–Crippen LogP) is 5.37. The van der Waals surface area contributed by atoms with Gasteiger partial charge in [0.25, 0.3) is 10.0 Å². The van der Waals surface area contributed by atoms with Gasteiger partial charge in [0.15, 0.2) is 0 Å². The Labute approximate surface area is 250 Å². The van der Waals surface area contributed by atoms with Crippen LogP contribution < -0.4 is 9.62 Å². The average molecular weight is 608 g/mol. The second-order valence-corrected chi connectivity index (χ2v) is 11.9. The summed E-state index contributed by atoms with van der Waals surface area (Å²) in [5.74, 6) is -1.72. The molecule has 0 saturated heterocycles. The summed E-state index contributed by atoms with van der Waals surface area (Å²) in [5.41, 5.74) is 1.63. The van der Waals surface area contributed by atoms with Crippen molar-refractivity contribution in [3.8, 4) is 0 Å². The van der Waals surface area contributed by atoms with E-state index in [9.17, 15) is 22.4 Å². The Bertz CT molecular complexity index is 1650. The second kappa shape index (κ2) is 13.6. The maximum absolute atomic E-state index is 14.9. The number of anilines is 1. The standard InChI is InChI=1S/C32H31ClFN3O4S/c1-23-27(33)17-11-19-29(23)37(42(40,41)26-15-7-4-8-16-26)22-31(38)36(21-25-14-9-10-18-28(25)34)30(32(39)35-2)20-24-12-5-3-6-13-24/h3-19,30H,20-22H2,1-2H3,(H,35,39). The number of nitrogens with one attached hydrogen (secondary N) is 1. The lowest BCUT2D eigenvalue weighted by Crippen LogP contribution is -2.53. The van der Waals surface area contributed by atoms with E-state index >= 15 is 0 Å². The maximum Gasteiger partial charge on any atom is 0.264 e. The molecule has 0 aliphatic heterocycles. The molecule has 0 radical (unpaired) electrons. The number of carbonyl (C=O) groups excluding carboxylic acids is 2. The number of carbonyl (C=O) groups is 2. The van der Waals surface area contributed by atoms with Crippen LogP contribution in [0.4, 0.5) is 10.1 Å². The Morgan fingerprint density at radius 3 is 2.14 bits per heavy atom. The van der Waals surface area contributed by atoms with Gasteiger partial charge >= 0.3 is 0 Å². The Hall–Kier alpha value is -4.21. The maximum atomic E-state index is 14.9. The number of benzene rings is 4. The highest BCUT2D eigenvalue weighted by atomic mass is 35.5. The van der Waals surface area contributed by atoms with Gasteiger partial charge in [-0.3, -0.25) is 13.9 Å². The minimum Gasteiger partial charge on any atom is -0.357 e. The highest BCUT2D eigenvalue weighted by molar-refractivity contribution is 7.92. The van der Waals surface area contributed by atoms with Crippen molar-refractivity contribution in [3.05, 3.63) is 131 Å². The van der Waals surface area contributed by atoms with Crippen molar-refractivity contribution in [2.45, 2.75) is 30.8 Å². The molecule has 0 heterocycles. The van der Waals surface area contributed by atoms with Gasteiger partial charge in [0.05, 0.1) is 10.6 Å². The molecule has 2 amide bonds. The molecule has 1 unspecified atom stereocenters. The summed E-state index contributed by atoms with van der Waals surface area (Å²) in [7, 11) is -2.81. The number of hydrogen-bond donors (Lipinski definition) is 1. The Morgan fingerprint density at radius 1 is 0.881 bits per heavy atom. The number of likely N-dealkylation sites (N-methyl/N-ethyl adjacent to an activating group) is 1. The first-order valence-electron chi connectivity index (χ1n) is 13.2. The van der Waals surface area contributed by atoms with Gasteiger partial charge in [0.2, 0.25) is 11.8 Å². The van der Waals surface area contributed by atoms with Gasteiger partial charge in [-0.2, -0.15) is 0 Å². The van der Waals surface area contributed by atoms with Crippen LogP contribution in [0.15, 0.2) is 108 Å². The summed E-state index contributed by atoms with van der Waals surface area (Å²) < 4.78 is 43.8. The fourth-order valence-corrected chi connectivity index (χ4v) is 6.29. The van der Waals surface area contributed by atoms with Gasteiger partial charge in [-0.15, -0.1) is 0 Å². The van der Waals surface area contributed by atoms with Crippen molar-refractivity contribution < 1.29 is 22.4 Å². The summed E-state index contributed by atoms with van der Waals surface area (Å²) >= 11 is 6.37. The summed E-state index contributed by atoms with van der Waals surface area (Å²) in [6.45, 7) is 0.745. The van der Waals surface area contributed by atoms with E-state index in [0.29, 0.717) is 10.6 Å². The summed E-state index contributed by atoms with van der Waals surface area (Å²) in [5, 5.41) is 2.93. The number of hydrogen-bond acceptors (Lipinski definition) is 4. The summed E-state index contributed by atoms with van der Waals surface area (Å²) in [6.07, 6.45) is 0.127. The van der Waals surface area contributed by atoms with Gasteiger partial charge in [-0.1, -0.05) is 84.4 Å². The van der Waals surface area contributed by atoms with Crippen molar-refractivity contribution in [1.82, 2.24) is 10.2 Å². The van der Waals surface area contributed by atoms with Crippen molar-refractivity contribution >= 4 is 39.1 Å². The van der Waals surface area contributed by atoms with Crippen molar-refractivity contribution in [2.24, 2.45) is 0 Å². The first-order valence-corrected chi connectivity index (χ1v) is 15.1. The molecule has 1 N–H and O–H groups in total. The lowest BCUT2D eigenvalue weighted by molar-refractivity contribution is -0.139. The highest BCUT2D eigenvalue weighted by Crippen LogP contribution is 2.31. The molecule has 0 bridgehead atoms. The van der Waals surface area contributed by atoms with Crippen LogP contribution in [-0.2, 0) is 32.6 Å². The van der Waals surface area contributed by atoms with Gasteiger partial charge in [-0.05, 0) is 48.4 Å². The molecule has 0 saturated carbocycles. The minimum absolute atomic E-state index is 0.0232. The average Bonchev–Trinajstić information content (AvgIpc) is 3.00. The molecular weight excluding hydrogens is 577 g/mol. The molecule has 42 heavy (non-hydrogen) atoms. The number of nitrogens with zero attached hydrogens (tertiary/aromatic N) is 2. The fourth-order valence-electron chi connectivity index (χ4n) is 4.63. The van der Waals surface area contributed by atoms with Gasteiger partial charge in [0, 0.05) is 30.6 Å². The van der Waals surface area contributed by atoms with Crippen LogP contribution in [-0.4, -0.2) is 44.8 Å². The summed E-state index contributed by atoms with van der Waals surface area (Å²) in [6, 6.07) is 26.5. The van der Waals surface area contributed by atoms with Crippen molar-refractivity contribution in [2.75, 3.05) is 17.9 Å². The normalized spacial score (nSPS) is 11.9. The van der Waals surface area contributed by atoms with Crippen LogP contribution in [0.2, 0.25) is 5.02 Å². The zero-order valence-corrected chi connectivity index (χ0v) is 24.8. The zero-order chi connectivity index (χ0) is 30.3. The van der Waals surface area contributed by atoms with Crippen LogP contribution in [0.25, 0.3) is 0 Å². The molecule has 0 aliphatic rings. The largest absolute Gasteiger partial charge is 0.357 e. The van der Waals surface area contributed by atoms with E-state index in [1.54, 1.807) is 49.4 Å². The SMILES string of the molecule is CNC(=O)C(Cc1ccccc1)N(Cc1ccccc1F)C(=O)CN(c1cccc(Cl)c1C)S(=O)(=O)c1ccccc1. The minimum atomic E-state index is -4.26. The molecule has 0 spiro atoms. The molecule has 0 aromatic heterocycles. The third kappa shape index (κ3) is 6.98. The third-order valence-electron chi connectivity index (χ3n) is 6.93. The molecule has 0 fully saturated rings. The van der Waals surface area contributed by atoms with E-state index in [-0.39, 0.29) is 29.1 Å². The van der Waals surface area contributed by atoms with E-state index in [4.69, 9.17) is 11.6 Å². The molecular formula is C32H31ClFN3O4S. The first-order chi connectivity index (χ1) is 20.1. The van der Waals surface area contributed by atoms with E-state index in [2.05, 4.69) is 5.32 Å². The van der Waals surface area contributed by atoms with Crippen molar-refractivity contribution in [1.29, 1.82) is 0 Å². The highest BCUT2D eigenvalue weighted by Gasteiger charge is 2.35. The Balaban J connectivity index is 1.82.